The van der Waals surface area contributed by atoms with E-state index in [-0.39, 0.29) is 32.1 Å². The van der Waals surface area contributed by atoms with E-state index in [1.165, 1.54) is 0 Å². The Balaban J connectivity index is 0.000000225. The van der Waals surface area contributed by atoms with Crippen LogP contribution in [-0.2, 0) is 0 Å². The third-order valence-corrected chi connectivity index (χ3v) is 12.5. The second-order valence-corrected chi connectivity index (χ2v) is 18.3. The fourth-order valence-electron chi connectivity index (χ4n) is 8.01. The van der Waals surface area contributed by atoms with Crippen molar-refractivity contribution in [3.63, 3.8) is 0 Å². The monoisotopic (exact) mass is 1030 g/mol. The molecule has 0 spiro atoms. The zero-order valence-electron chi connectivity index (χ0n) is 41.6. The summed E-state index contributed by atoms with van der Waals surface area (Å²) in [5, 5.41) is 41.1. The molecule has 2 atom stereocenters. The normalized spacial score (nSPS) is 16.9. The molecule has 2 saturated carbocycles. The number of hydrogen-bond donors (Lipinski definition) is 6. The Kier molecular flexibility index (Phi) is 18.7. The molecule has 21 heteroatoms. The molecule has 71 heavy (non-hydrogen) atoms. The molecule has 0 saturated heterocycles. The van der Waals surface area contributed by atoms with E-state index < -0.39 is 30.3 Å². The Morgan fingerprint density at radius 3 is 1.44 bits per heavy atom. The Bertz CT molecular complexity index is 2710. The summed E-state index contributed by atoms with van der Waals surface area (Å²) < 4.78 is 62.6. The van der Waals surface area contributed by atoms with Crippen LogP contribution in [0.5, 0.6) is 11.5 Å². The summed E-state index contributed by atoms with van der Waals surface area (Å²) in [6, 6.07) is 9.85. The van der Waals surface area contributed by atoms with Crippen LogP contribution in [0.15, 0.2) is 45.4 Å². The number of alkyl halides is 3. The number of aliphatic hydroxyl groups excluding tert-OH is 2. The number of likely N-dealkylation sites (N-methyl/N-ethyl adjacent to an activating group) is 2. The molecule has 6 N–H and O–H groups in total. The zero-order valence-corrected chi connectivity index (χ0v) is 43.1. The molecule has 16 nitrogen and oxygen atoms in total. The van der Waals surface area contributed by atoms with E-state index in [9.17, 15) is 23.4 Å². The molecule has 2 aromatic carbocycles. The van der Waals surface area contributed by atoms with Gasteiger partial charge in [-0.3, -0.25) is 0 Å². The molecule has 6 aromatic rings. The predicted octanol–water partition coefficient (Wildman–Crippen LogP) is 9.82. The number of halogens is 5. The van der Waals surface area contributed by atoms with Crippen molar-refractivity contribution >= 4 is 34.8 Å². The highest BCUT2D eigenvalue weighted by molar-refractivity contribution is 6.33. The molecule has 0 unspecified atom stereocenters. The van der Waals surface area contributed by atoms with Crippen molar-refractivity contribution in [3.8, 4) is 56.8 Å². The summed E-state index contributed by atoms with van der Waals surface area (Å²) >= 11 is 13.1. The summed E-state index contributed by atoms with van der Waals surface area (Å²) in [5.74, 6) is 1.32. The van der Waals surface area contributed by atoms with Crippen molar-refractivity contribution in [1.82, 2.24) is 40.9 Å². The van der Waals surface area contributed by atoms with Crippen molar-refractivity contribution in [2.45, 2.75) is 117 Å². The van der Waals surface area contributed by atoms with Gasteiger partial charge < -0.3 is 50.0 Å². The van der Waals surface area contributed by atoms with Gasteiger partial charge in [-0.1, -0.05) is 47.4 Å². The molecule has 8 rings (SSSR count). The number of ether oxygens (including phenoxy) is 2. The number of benzene rings is 2. The number of aryl methyl sites for hydroxylation is 4. The van der Waals surface area contributed by atoms with Crippen molar-refractivity contribution in [3.05, 3.63) is 80.5 Å². The molecule has 384 valence electrons. The first-order chi connectivity index (χ1) is 33.8. The van der Waals surface area contributed by atoms with Crippen LogP contribution >= 0.6 is 23.2 Å². The second kappa shape index (κ2) is 24.2. The number of anilines is 2. The van der Waals surface area contributed by atoms with E-state index in [1.807, 2.05) is 48.5 Å². The van der Waals surface area contributed by atoms with Crippen molar-refractivity contribution < 1.29 is 41.9 Å². The van der Waals surface area contributed by atoms with Crippen molar-refractivity contribution in [2.24, 2.45) is 0 Å². The first kappa shape index (κ1) is 54.8. The highest BCUT2D eigenvalue weighted by Gasteiger charge is 2.45. The van der Waals surface area contributed by atoms with Crippen molar-refractivity contribution in [2.75, 3.05) is 51.0 Å². The van der Waals surface area contributed by atoms with Gasteiger partial charge in [-0.15, -0.1) is 0 Å². The average Bonchev–Trinajstić information content (AvgIpc) is 3.84. The van der Waals surface area contributed by atoms with Crippen LogP contribution in [0.3, 0.4) is 0 Å². The highest BCUT2D eigenvalue weighted by atomic mass is 35.5. The van der Waals surface area contributed by atoms with E-state index in [1.54, 1.807) is 57.4 Å². The summed E-state index contributed by atoms with van der Waals surface area (Å²) in [4.78, 5) is 19.0. The molecule has 0 bridgehead atoms. The van der Waals surface area contributed by atoms with E-state index in [0.717, 1.165) is 11.1 Å². The first-order valence-electron chi connectivity index (χ1n) is 23.5. The summed E-state index contributed by atoms with van der Waals surface area (Å²) in [6.07, 6.45) is -1.75. The zero-order chi connectivity index (χ0) is 51.7. The highest BCUT2D eigenvalue weighted by Crippen LogP contribution is 2.42. The fourth-order valence-corrected chi connectivity index (χ4v) is 8.41. The van der Waals surface area contributed by atoms with Gasteiger partial charge in [0.25, 0.3) is 5.92 Å². The van der Waals surface area contributed by atoms with Gasteiger partial charge in [0.1, 0.15) is 66.2 Å². The standard InChI is InChI=1S/C24H28ClF2N5O3.C24H29ClFN5O3.C2H6/c1-12-21(20-13(2)32-35-14(20)3)30-23(31-22(12)29-15-8-24(26,27)9-15)18-7-17(5-6-19(18)25)34-11-16(33)10-28-4;1-12-22(21-13(2)31-34-14(21)3)29-24(30-23(12)28-16-7-15(26)8-16)19-9-18(5-6-20(19)25)33-11-17(32)10-27-4;1-2/h5-7,15-16,28,33H,8-11H2,1-4H3,(H,29,30,31);5-6,9,15-17,27,32H,7-8,10-11H2,1-4H3,(H,28,29,30);1-2H3/t16-;15?,16?,17-;/m11./s1. The Morgan fingerprint density at radius 1 is 0.676 bits per heavy atom. The Morgan fingerprint density at radius 2 is 1.08 bits per heavy atom. The van der Waals surface area contributed by atoms with Crippen LogP contribution in [0.1, 0.15) is 73.6 Å². The first-order valence-corrected chi connectivity index (χ1v) is 24.3. The lowest BCUT2D eigenvalue weighted by molar-refractivity contribution is -0.0794. The van der Waals surface area contributed by atoms with E-state index in [0.29, 0.717) is 127 Å². The molecule has 2 fully saturated rings. The van der Waals surface area contributed by atoms with Gasteiger partial charge in [-0.2, -0.15) is 0 Å². The number of rotatable bonds is 18. The molecule has 4 heterocycles. The van der Waals surface area contributed by atoms with Crippen LogP contribution in [0.2, 0.25) is 10.0 Å². The fraction of sp³-hybridized carbons (Fsp3) is 0.480. The summed E-state index contributed by atoms with van der Waals surface area (Å²) in [6.45, 7) is 16.1. The number of hydrogen-bond acceptors (Lipinski definition) is 16. The van der Waals surface area contributed by atoms with Crippen LogP contribution in [0.25, 0.3) is 45.3 Å². The molecule has 0 aliphatic heterocycles. The van der Waals surface area contributed by atoms with Crippen LogP contribution in [-0.4, -0.2) is 117 Å². The minimum Gasteiger partial charge on any atom is -0.491 e. The lowest BCUT2D eigenvalue weighted by atomic mass is 9.88. The minimum absolute atomic E-state index is 0.00720. The molecular formula is C50H63Cl2F3N10O6. The third-order valence-electron chi connectivity index (χ3n) is 11.8. The summed E-state index contributed by atoms with van der Waals surface area (Å²) in [7, 11) is 3.50. The van der Waals surface area contributed by atoms with Crippen molar-refractivity contribution in [1.29, 1.82) is 0 Å². The maximum Gasteiger partial charge on any atom is 0.252 e. The molecule has 0 amide bonds. The topological polar surface area (TPSA) is 211 Å². The quantitative estimate of drug-likeness (QED) is 0.0473. The van der Waals surface area contributed by atoms with E-state index >= 15 is 0 Å². The minimum atomic E-state index is -2.67. The van der Waals surface area contributed by atoms with Gasteiger partial charge in [-0.05, 0) is 105 Å². The SMILES string of the molecule is CC.CNC[C@@H](O)COc1ccc(Cl)c(-c2nc(NC3CC(F)(F)C3)c(C)c(-c3c(C)noc3C)n2)c1.CNC[C@@H](O)COc1ccc(Cl)c(-c2nc(NC3CC(F)C3)c(C)c(-c3c(C)noc3C)n2)c1. The number of nitrogens with zero attached hydrogens (tertiary/aromatic N) is 6. The van der Waals surface area contributed by atoms with Crippen LogP contribution < -0.4 is 30.7 Å². The van der Waals surface area contributed by atoms with E-state index in [4.69, 9.17) is 56.7 Å². The largest absolute Gasteiger partial charge is 0.491 e. The van der Waals surface area contributed by atoms with Gasteiger partial charge in [0.2, 0.25) is 0 Å². The second-order valence-electron chi connectivity index (χ2n) is 17.5. The Labute approximate surface area is 421 Å². The third kappa shape index (κ3) is 13.5. The van der Waals surface area contributed by atoms with Gasteiger partial charge in [0.05, 0.1) is 43.9 Å². The summed E-state index contributed by atoms with van der Waals surface area (Å²) in [5.41, 5.74) is 6.71. The molecular weight excluding hydrogens is 965 g/mol. The van der Waals surface area contributed by atoms with Crippen LogP contribution in [0, 0.1) is 41.5 Å². The lowest BCUT2D eigenvalue weighted by Crippen LogP contribution is -2.44. The Hall–Kier alpha value is -5.57. The van der Waals surface area contributed by atoms with Gasteiger partial charge in [0, 0.05) is 60.3 Å². The maximum absolute atomic E-state index is 13.5. The van der Waals surface area contributed by atoms with Gasteiger partial charge in [0.15, 0.2) is 11.6 Å². The average molecular weight is 1030 g/mol. The lowest BCUT2D eigenvalue weighted by Gasteiger charge is -2.36. The molecule has 0 radical (unpaired) electrons. The van der Waals surface area contributed by atoms with Gasteiger partial charge >= 0.3 is 0 Å². The predicted molar refractivity (Wildman–Crippen MR) is 270 cm³/mol. The molecule has 4 aromatic heterocycles. The number of aliphatic hydroxyl groups is 2. The van der Waals surface area contributed by atoms with Gasteiger partial charge in [-0.25, -0.2) is 33.1 Å². The maximum atomic E-state index is 13.5. The smallest absolute Gasteiger partial charge is 0.252 e. The number of aromatic nitrogens is 6. The number of nitrogens with one attached hydrogen (secondary N) is 4. The van der Waals surface area contributed by atoms with Crippen LogP contribution in [0.4, 0.5) is 24.8 Å². The molecule has 2 aliphatic rings. The molecule has 2 aliphatic carbocycles. The van der Waals surface area contributed by atoms with E-state index in [2.05, 4.69) is 36.6 Å².